The number of benzene rings is 1. The third kappa shape index (κ3) is 3.97. The Morgan fingerprint density at radius 1 is 1.27 bits per heavy atom. The monoisotopic (exact) mass is 307 g/mol. The molecular formula is C16H25N3O3. The van der Waals surface area contributed by atoms with Crippen LogP contribution in [0.25, 0.3) is 0 Å². The van der Waals surface area contributed by atoms with E-state index in [0.717, 1.165) is 17.7 Å². The third-order valence-corrected chi connectivity index (χ3v) is 3.98. The number of methoxy groups -OCH3 is 2. The number of likely N-dealkylation sites (N-methyl/N-ethyl adjacent to an activating group) is 1. The minimum atomic E-state index is -0.205. The van der Waals surface area contributed by atoms with Gasteiger partial charge < -0.3 is 14.4 Å². The molecule has 122 valence electrons. The fourth-order valence-corrected chi connectivity index (χ4v) is 2.62. The number of nitrogens with one attached hydrogen (secondary N) is 2. The smallest absolute Gasteiger partial charge is 0.241 e. The lowest BCUT2D eigenvalue weighted by molar-refractivity contribution is -0.133. The summed E-state index contributed by atoms with van der Waals surface area (Å²) in [7, 11) is 3.30. The van der Waals surface area contributed by atoms with Gasteiger partial charge in [0.25, 0.3) is 0 Å². The number of nitrogens with zero attached hydrogens (tertiary/aromatic N) is 1. The van der Waals surface area contributed by atoms with Crippen LogP contribution in [-0.4, -0.2) is 50.8 Å². The summed E-state index contributed by atoms with van der Waals surface area (Å²) in [5, 5.41) is 0. The van der Waals surface area contributed by atoms with E-state index >= 15 is 0 Å². The van der Waals surface area contributed by atoms with Crippen molar-refractivity contribution in [2.45, 2.75) is 25.4 Å². The first kappa shape index (κ1) is 16.7. The molecule has 0 radical (unpaired) electrons. The molecule has 1 aliphatic rings. The van der Waals surface area contributed by atoms with Gasteiger partial charge in [-0.3, -0.25) is 4.79 Å². The number of amides is 1. The van der Waals surface area contributed by atoms with Gasteiger partial charge in [0.15, 0.2) is 0 Å². The van der Waals surface area contributed by atoms with Crippen LogP contribution in [0, 0.1) is 0 Å². The number of carbonyl (C=O) groups excluding carboxylic acids is 1. The summed E-state index contributed by atoms with van der Waals surface area (Å²) in [6.45, 7) is 3.85. The normalized spacial score (nSPS) is 20.9. The Hall–Kier alpha value is -1.63. The summed E-state index contributed by atoms with van der Waals surface area (Å²) in [6.07, 6.45) is 0.731. The maximum Gasteiger partial charge on any atom is 0.241 e. The molecule has 2 unspecified atom stereocenters. The van der Waals surface area contributed by atoms with Crippen LogP contribution in [0.4, 0.5) is 0 Å². The fraction of sp³-hybridized carbons (Fsp3) is 0.562. The van der Waals surface area contributed by atoms with Crippen molar-refractivity contribution in [3.8, 4) is 5.75 Å². The van der Waals surface area contributed by atoms with Crippen LogP contribution in [0.3, 0.4) is 0 Å². The van der Waals surface area contributed by atoms with Gasteiger partial charge in [-0.05, 0) is 31.0 Å². The van der Waals surface area contributed by atoms with Crippen molar-refractivity contribution < 1.29 is 14.3 Å². The molecule has 1 aliphatic heterocycles. The minimum Gasteiger partial charge on any atom is -0.497 e. The molecule has 1 amide bonds. The van der Waals surface area contributed by atoms with Crippen LogP contribution in [-0.2, 0) is 9.53 Å². The summed E-state index contributed by atoms with van der Waals surface area (Å²) in [5.74, 6) is 0.946. The van der Waals surface area contributed by atoms with Crippen LogP contribution in [0.15, 0.2) is 24.3 Å². The van der Waals surface area contributed by atoms with E-state index in [0.29, 0.717) is 19.7 Å². The van der Waals surface area contributed by atoms with E-state index in [2.05, 4.69) is 10.9 Å². The summed E-state index contributed by atoms with van der Waals surface area (Å²) in [6, 6.07) is 7.83. The SMILES string of the molecule is CCN(CCOC)C(=O)C1CC(c2ccc(OC)cc2)NN1. The molecule has 2 N–H and O–H groups in total. The van der Waals surface area contributed by atoms with Crippen LogP contribution < -0.4 is 15.6 Å². The van der Waals surface area contributed by atoms with Gasteiger partial charge in [0, 0.05) is 26.2 Å². The molecule has 2 atom stereocenters. The lowest BCUT2D eigenvalue weighted by Crippen LogP contribution is -2.46. The van der Waals surface area contributed by atoms with E-state index in [1.54, 1.807) is 14.2 Å². The Kier molecular flexibility index (Phi) is 6.18. The van der Waals surface area contributed by atoms with E-state index < -0.39 is 0 Å². The Balaban J connectivity index is 1.94. The molecule has 0 bridgehead atoms. The van der Waals surface area contributed by atoms with Crippen molar-refractivity contribution in [2.24, 2.45) is 0 Å². The molecule has 1 saturated heterocycles. The second-order valence-corrected chi connectivity index (χ2v) is 5.31. The van der Waals surface area contributed by atoms with E-state index in [4.69, 9.17) is 9.47 Å². The maximum atomic E-state index is 12.5. The average molecular weight is 307 g/mol. The van der Waals surface area contributed by atoms with Gasteiger partial charge in [-0.2, -0.15) is 0 Å². The molecule has 0 saturated carbocycles. The first-order chi connectivity index (χ1) is 10.7. The highest BCUT2D eigenvalue weighted by molar-refractivity contribution is 5.82. The Morgan fingerprint density at radius 2 is 2.00 bits per heavy atom. The predicted octanol–water partition coefficient (Wildman–Crippen LogP) is 1.10. The first-order valence-corrected chi connectivity index (χ1v) is 7.62. The van der Waals surface area contributed by atoms with Gasteiger partial charge in [0.1, 0.15) is 11.8 Å². The molecule has 6 heteroatoms. The number of hydrogen-bond acceptors (Lipinski definition) is 5. The van der Waals surface area contributed by atoms with Crippen molar-refractivity contribution in [3.05, 3.63) is 29.8 Å². The number of hydrogen-bond donors (Lipinski definition) is 2. The predicted molar refractivity (Wildman–Crippen MR) is 84.5 cm³/mol. The van der Waals surface area contributed by atoms with Crippen molar-refractivity contribution >= 4 is 5.91 Å². The van der Waals surface area contributed by atoms with Crippen LogP contribution >= 0.6 is 0 Å². The topological polar surface area (TPSA) is 62.8 Å². The highest BCUT2D eigenvalue weighted by atomic mass is 16.5. The van der Waals surface area contributed by atoms with E-state index in [1.807, 2.05) is 36.1 Å². The summed E-state index contributed by atoms with van der Waals surface area (Å²) >= 11 is 0. The van der Waals surface area contributed by atoms with Crippen molar-refractivity contribution in [2.75, 3.05) is 33.9 Å². The van der Waals surface area contributed by atoms with Crippen molar-refractivity contribution in [3.63, 3.8) is 0 Å². The molecule has 2 rings (SSSR count). The molecule has 6 nitrogen and oxygen atoms in total. The number of carbonyl (C=O) groups is 1. The van der Waals surface area contributed by atoms with E-state index in [-0.39, 0.29) is 18.0 Å². The van der Waals surface area contributed by atoms with Crippen molar-refractivity contribution in [1.82, 2.24) is 15.8 Å². The standard InChI is InChI=1S/C16H25N3O3/c1-4-19(9-10-21-2)16(20)15-11-14(17-18-15)12-5-7-13(22-3)8-6-12/h5-8,14-15,17-18H,4,9-11H2,1-3H3. The van der Waals surface area contributed by atoms with E-state index in [9.17, 15) is 4.79 Å². The molecule has 0 aromatic heterocycles. The Labute approximate surface area is 131 Å². The van der Waals surface area contributed by atoms with Crippen LogP contribution in [0.1, 0.15) is 24.9 Å². The second kappa shape index (κ2) is 8.12. The Morgan fingerprint density at radius 3 is 2.59 bits per heavy atom. The summed E-state index contributed by atoms with van der Waals surface area (Å²) in [5.41, 5.74) is 7.46. The second-order valence-electron chi connectivity index (χ2n) is 5.31. The fourth-order valence-electron chi connectivity index (χ4n) is 2.62. The van der Waals surface area contributed by atoms with Gasteiger partial charge in [-0.25, -0.2) is 10.9 Å². The summed E-state index contributed by atoms with van der Waals surface area (Å²) < 4.78 is 10.2. The highest BCUT2D eigenvalue weighted by Crippen LogP contribution is 2.24. The lowest BCUT2D eigenvalue weighted by Gasteiger charge is -2.23. The number of hydrazine groups is 1. The maximum absolute atomic E-state index is 12.5. The van der Waals surface area contributed by atoms with Gasteiger partial charge in [0.2, 0.25) is 5.91 Å². The molecule has 0 spiro atoms. The van der Waals surface area contributed by atoms with Crippen LogP contribution in [0.5, 0.6) is 5.75 Å². The molecule has 22 heavy (non-hydrogen) atoms. The summed E-state index contributed by atoms with van der Waals surface area (Å²) in [4.78, 5) is 14.3. The largest absolute Gasteiger partial charge is 0.497 e. The van der Waals surface area contributed by atoms with Gasteiger partial charge in [-0.15, -0.1) is 0 Å². The Bertz CT molecular complexity index is 478. The van der Waals surface area contributed by atoms with Crippen LogP contribution in [0.2, 0.25) is 0 Å². The molecule has 1 heterocycles. The zero-order valence-corrected chi connectivity index (χ0v) is 13.5. The van der Waals surface area contributed by atoms with Crippen molar-refractivity contribution in [1.29, 1.82) is 0 Å². The van der Waals surface area contributed by atoms with E-state index in [1.165, 1.54) is 0 Å². The minimum absolute atomic E-state index is 0.114. The lowest BCUT2D eigenvalue weighted by atomic mass is 10.0. The quantitative estimate of drug-likeness (QED) is 0.790. The van der Waals surface area contributed by atoms with Gasteiger partial charge in [-0.1, -0.05) is 12.1 Å². The molecular weight excluding hydrogens is 282 g/mol. The average Bonchev–Trinajstić information content (AvgIpc) is 3.05. The first-order valence-electron chi connectivity index (χ1n) is 7.62. The zero-order valence-electron chi connectivity index (χ0n) is 13.5. The number of rotatable bonds is 7. The molecule has 1 aromatic rings. The highest BCUT2D eigenvalue weighted by Gasteiger charge is 2.32. The van der Waals surface area contributed by atoms with Gasteiger partial charge >= 0.3 is 0 Å². The molecule has 0 aliphatic carbocycles. The molecule has 1 aromatic carbocycles. The third-order valence-electron chi connectivity index (χ3n) is 3.98. The van der Waals surface area contributed by atoms with Gasteiger partial charge in [0.05, 0.1) is 13.7 Å². The number of ether oxygens (including phenoxy) is 2. The molecule has 1 fully saturated rings. The zero-order chi connectivity index (χ0) is 15.9.